The minimum Gasteiger partial charge on any atom is -0.267 e. The SMILES string of the molecule is Cc1sc2ncn(/N=C\c3cnn(-c4ccccc4)c3)c(=O)c2c1-c1ccccc1. The maximum Gasteiger partial charge on any atom is 0.283 e. The van der Waals surface area contributed by atoms with Gasteiger partial charge < -0.3 is 0 Å². The molecule has 6 nitrogen and oxygen atoms in total. The van der Waals surface area contributed by atoms with Crippen molar-refractivity contribution in [2.45, 2.75) is 6.92 Å². The number of rotatable bonds is 4. The van der Waals surface area contributed by atoms with Crippen LogP contribution in [0.15, 0.2) is 89.3 Å². The Morgan fingerprint density at radius 3 is 2.53 bits per heavy atom. The van der Waals surface area contributed by atoms with Crippen LogP contribution in [0.25, 0.3) is 27.0 Å². The first-order chi connectivity index (χ1) is 14.7. The van der Waals surface area contributed by atoms with Gasteiger partial charge in [-0.1, -0.05) is 48.5 Å². The maximum atomic E-state index is 13.2. The zero-order valence-corrected chi connectivity index (χ0v) is 17.0. The van der Waals surface area contributed by atoms with Crippen molar-refractivity contribution < 1.29 is 0 Å². The van der Waals surface area contributed by atoms with E-state index in [0.717, 1.165) is 32.1 Å². The molecule has 0 saturated carbocycles. The summed E-state index contributed by atoms with van der Waals surface area (Å²) >= 11 is 1.52. The largest absolute Gasteiger partial charge is 0.283 e. The van der Waals surface area contributed by atoms with Gasteiger partial charge in [0.1, 0.15) is 11.2 Å². The molecule has 0 N–H and O–H groups in total. The molecule has 0 saturated heterocycles. The molecule has 7 heteroatoms. The molecule has 3 aromatic heterocycles. The van der Waals surface area contributed by atoms with Crippen molar-refractivity contribution in [1.29, 1.82) is 0 Å². The number of benzene rings is 2. The van der Waals surface area contributed by atoms with Crippen LogP contribution >= 0.6 is 11.3 Å². The number of hydrogen-bond acceptors (Lipinski definition) is 5. The molecule has 146 valence electrons. The Kier molecular flexibility index (Phi) is 4.57. The zero-order valence-electron chi connectivity index (χ0n) is 16.1. The van der Waals surface area contributed by atoms with Crippen LogP contribution in [0.2, 0.25) is 0 Å². The van der Waals surface area contributed by atoms with E-state index in [2.05, 4.69) is 15.2 Å². The molecule has 0 atom stereocenters. The zero-order chi connectivity index (χ0) is 20.5. The van der Waals surface area contributed by atoms with Crippen molar-refractivity contribution in [3.8, 4) is 16.8 Å². The molecule has 0 spiro atoms. The van der Waals surface area contributed by atoms with Crippen LogP contribution in [-0.2, 0) is 0 Å². The normalized spacial score (nSPS) is 11.5. The lowest BCUT2D eigenvalue weighted by molar-refractivity contribution is 0.819. The van der Waals surface area contributed by atoms with Crippen molar-refractivity contribution in [1.82, 2.24) is 19.4 Å². The lowest BCUT2D eigenvalue weighted by atomic mass is 10.0. The van der Waals surface area contributed by atoms with Crippen LogP contribution in [0.4, 0.5) is 0 Å². The molecule has 0 bridgehead atoms. The highest BCUT2D eigenvalue weighted by atomic mass is 32.1. The van der Waals surface area contributed by atoms with Crippen molar-refractivity contribution in [2.75, 3.05) is 0 Å². The summed E-state index contributed by atoms with van der Waals surface area (Å²) in [5, 5.41) is 9.30. The molecule has 3 heterocycles. The first-order valence-electron chi connectivity index (χ1n) is 9.41. The van der Waals surface area contributed by atoms with E-state index in [9.17, 15) is 4.79 Å². The summed E-state index contributed by atoms with van der Waals surface area (Å²) in [6.07, 6.45) is 6.65. The number of aryl methyl sites for hydroxylation is 1. The summed E-state index contributed by atoms with van der Waals surface area (Å²) in [5.41, 5.74) is 3.49. The third kappa shape index (κ3) is 3.25. The number of para-hydroxylation sites is 1. The van der Waals surface area contributed by atoms with Gasteiger partial charge in [0.05, 0.1) is 23.5 Å². The lowest BCUT2D eigenvalue weighted by Gasteiger charge is -2.02. The van der Waals surface area contributed by atoms with Gasteiger partial charge in [0.25, 0.3) is 5.56 Å². The summed E-state index contributed by atoms with van der Waals surface area (Å²) in [5.74, 6) is 0. The molecule has 0 aliphatic carbocycles. The Hall–Kier alpha value is -3.84. The van der Waals surface area contributed by atoms with E-state index < -0.39 is 0 Å². The van der Waals surface area contributed by atoms with E-state index in [-0.39, 0.29) is 5.56 Å². The predicted octanol–water partition coefficient (Wildman–Crippen LogP) is 4.50. The number of hydrogen-bond donors (Lipinski definition) is 0. The summed E-state index contributed by atoms with van der Waals surface area (Å²) in [6.45, 7) is 2.01. The Labute approximate surface area is 176 Å². The van der Waals surface area contributed by atoms with Crippen LogP contribution in [0.3, 0.4) is 0 Å². The summed E-state index contributed by atoms with van der Waals surface area (Å²) in [6, 6.07) is 19.7. The quantitative estimate of drug-likeness (QED) is 0.409. The van der Waals surface area contributed by atoms with Crippen molar-refractivity contribution in [2.24, 2.45) is 5.10 Å². The van der Waals surface area contributed by atoms with E-state index in [4.69, 9.17) is 0 Å². The highest BCUT2D eigenvalue weighted by Crippen LogP contribution is 2.35. The molecule has 2 aromatic carbocycles. The highest BCUT2D eigenvalue weighted by Gasteiger charge is 2.16. The summed E-state index contributed by atoms with van der Waals surface area (Å²) in [4.78, 5) is 19.4. The molecule has 0 unspecified atom stereocenters. The second-order valence-electron chi connectivity index (χ2n) is 6.77. The van der Waals surface area contributed by atoms with Gasteiger partial charge in [-0.05, 0) is 24.6 Å². The molecular weight excluding hydrogens is 394 g/mol. The Bertz CT molecular complexity index is 1410. The summed E-state index contributed by atoms with van der Waals surface area (Å²) in [7, 11) is 0. The highest BCUT2D eigenvalue weighted by molar-refractivity contribution is 7.19. The van der Waals surface area contributed by atoms with Gasteiger partial charge in [-0.3, -0.25) is 4.79 Å². The van der Waals surface area contributed by atoms with Crippen LogP contribution in [-0.4, -0.2) is 25.7 Å². The molecular formula is C23H17N5OS. The van der Waals surface area contributed by atoms with Crippen LogP contribution < -0.4 is 5.56 Å². The van der Waals surface area contributed by atoms with Crippen LogP contribution in [0.5, 0.6) is 0 Å². The van der Waals surface area contributed by atoms with Crippen molar-refractivity contribution >= 4 is 27.8 Å². The second-order valence-corrected chi connectivity index (χ2v) is 7.98. The minimum absolute atomic E-state index is 0.185. The number of aromatic nitrogens is 4. The van der Waals surface area contributed by atoms with E-state index in [1.165, 1.54) is 22.3 Å². The average molecular weight is 411 g/mol. The van der Waals surface area contributed by atoms with E-state index in [1.54, 1.807) is 17.1 Å². The number of nitrogens with zero attached hydrogens (tertiary/aromatic N) is 5. The third-order valence-electron chi connectivity index (χ3n) is 4.79. The van der Waals surface area contributed by atoms with E-state index in [1.807, 2.05) is 73.8 Å². The third-order valence-corrected chi connectivity index (χ3v) is 5.80. The molecule has 30 heavy (non-hydrogen) atoms. The predicted molar refractivity (Wildman–Crippen MR) is 121 cm³/mol. The molecule has 5 rings (SSSR count). The fourth-order valence-electron chi connectivity index (χ4n) is 3.38. The molecule has 0 fully saturated rings. The minimum atomic E-state index is -0.185. The smallest absolute Gasteiger partial charge is 0.267 e. The van der Waals surface area contributed by atoms with E-state index >= 15 is 0 Å². The van der Waals surface area contributed by atoms with Gasteiger partial charge in [-0.15, -0.1) is 11.3 Å². The fourth-order valence-corrected chi connectivity index (χ4v) is 4.39. The van der Waals surface area contributed by atoms with Gasteiger partial charge >= 0.3 is 0 Å². The van der Waals surface area contributed by atoms with Crippen molar-refractivity contribution in [3.63, 3.8) is 0 Å². The second kappa shape index (κ2) is 7.53. The monoisotopic (exact) mass is 411 g/mol. The molecule has 0 amide bonds. The lowest BCUT2D eigenvalue weighted by Crippen LogP contribution is -2.16. The molecule has 0 radical (unpaired) electrons. The van der Waals surface area contributed by atoms with Crippen LogP contribution in [0, 0.1) is 6.92 Å². The van der Waals surface area contributed by atoms with Gasteiger partial charge in [-0.2, -0.15) is 14.9 Å². The van der Waals surface area contributed by atoms with Crippen molar-refractivity contribution in [3.05, 3.63) is 100 Å². The summed E-state index contributed by atoms with van der Waals surface area (Å²) < 4.78 is 3.04. The number of fused-ring (bicyclic) bond motifs is 1. The Morgan fingerprint density at radius 1 is 1.03 bits per heavy atom. The average Bonchev–Trinajstić information content (AvgIpc) is 3.39. The van der Waals surface area contributed by atoms with Gasteiger partial charge in [0.2, 0.25) is 0 Å². The van der Waals surface area contributed by atoms with E-state index in [0.29, 0.717) is 5.39 Å². The Morgan fingerprint density at radius 2 is 1.77 bits per heavy atom. The molecule has 0 aliphatic rings. The van der Waals surface area contributed by atoms with Gasteiger partial charge in [-0.25, -0.2) is 9.67 Å². The first-order valence-corrected chi connectivity index (χ1v) is 10.2. The molecule has 0 aliphatic heterocycles. The molecule has 5 aromatic rings. The first kappa shape index (κ1) is 18.2. The van der Waals surface area contributed by atoms with Gasteiger partial charge in [0.15, 0.2) is 0 Å². The maximum absolute atomic E-state index is 13.2. The fraction of sp³-hybridized carbons (Fsp3) is 0.0435. The standard InChI is InChI=1S/C23H17N5OS/c1-16-20(18-8-4-2-5-9-18)21-22(30-16)24-15-28(23(21)29)26-13-17-12-25-27(14-17)19-10-6-3-7-11-19/h2-15H,1H3/b26-13-. The van der Waals surface area contributed by atoms with Gasteiger partial charge in [0, 0.05) is 22.2 Å². The number of thiophene rings is 1. The topological polar surface area (TPSA) is 65.1 Å². The Balaban J connectivity index is 1.54. The van der Waals surface area contributed by atoms with Crippen LogP contribution in [0.1, 0.15) is 10.4 Å².